The molecular formula is C11H12O3. The lowest BCUT2D eigenvalue weighted by Gasteiger charge is -2.06. The van der Waals surface area contributed by atoms with Crippen LogP contribution in [0.3, 0.4) is 0 Å². The lowest BCUT2D eigenvalue weighted by molar-refractivity contribution is 0.0693. The van der Waals surface area contributed by atoms with E-state index in [9.17, 15) is 4.79 Å². The molecule has 14 heavy (non-hydrogen) atoms. The highest BCUT2D eigenvalue weighted by Crippen LogP contribution is 2.31. The molecule has 0 saturated carbocycles. The first kappa shape index (κ1) is 9.06. The molecule has 0 spiro atoms. The molecule has 0 amide bonds. The van der Waals surface area contributed by atoms with Crippen LogP contribution in [0.4, 0.5) is 0 Å². The van der Waals surface area contributed by atoms with E-state index in [4.69, 9.17) is 9.84 Å². The number of hydrogen-bond donors (Lipinski definition) is 1. The molecule has 0 unspecified atom stereocenters. The zero-order valence-corrected chi connectivity index (χ0v) is 8.04. The molecule has 0 aliphatic carbocycles. The van der Waals surface area contributed by atoms with Crippen molar-refractivity contribution in [3.05, 3.63) is 28.8 Å². The first-order valence-corrected chi connectivity index (χ1v) is 4.74. The highest BCUT2D eigenvalue weighted by Gasteiger charge is 2.21. The molecule has 1 N–H and O–H groups in total. The fraction of sp³-hybridized carbons (Fsp3) is 0.364. The van der Waals surface area contributed by atoms with Crippen molar-refractivity contribution in [2.24, 2.45) is 0 Å². The summed E-state index contributed by atoms with van der Waals surface area (Å²) in [5, 5.41) is 8.99. The summed E-state index contributed by atoms with van der Waals surface area (Å²) < 4.78 is 5.31. The molecule has 3 heteroatoms. The first-order valence-electron chi connectivity index (χ1n) is 4.74. The fourth-order valence-electron chi connectivity index (χ4n) is 1.74. The van der Waals surface area contributed by atoms with Crippen LogP contribution in [0, 0.1) is 0 Å². The number of carboxylic acids is 1. The van der Waals surface area contributed by atoms with Gasteiger partial charge >= 0.3 is 5.97 Å². The Morgan fingerprint density at radius 3 is 3.00 bits per heavy atom. The van der Waals surface area contributed by atoms with E-state index in [-0.39, 0.29) is 0 Å². The molecular weight excluding hydrogens is 180 g/mol. The van der Waals surface area contributed by atoms with Gasteiger partial charge in [0.05, 0.1) is 6.61 Å². The van der Waals surface area contributed by atoms with Gasteiger partial charge in [-0.05, 0) is 23.6 Å². The van der Waals surface area contributed by atoms with Crippen LogP contribution in [0.15, 0.2) is 12.1 Å². The van der Waals surface area contributed by atoms with Gasteiger partial charge in [-0.3, -0.25) is 0 Å². The third-order valence-electron chi connectivity index (χ3n) is 2.48. The smallest absolute Gasteiger partial charge is 0.339 e. The van der Waals surface area contributed by atoms with E-state index in [1.807, 2.05) is 13.0 Å². The van der Waals surface area contributed by atoms with Gasteiger partial charge in [-0.1, -0.05) is 13.0 Å². The molecule has 1 aliphatic heterocycles. The third-order valence-corrected chi connectivity index (χ3v) is 2.48. The summed E-state index contributed by atoms with van der Waals surface area (Å²) >= 11 is 0. The van der Waals surface area contributed by atoms with Crippen LogP contribution >= 0.6 is 0 Å². The summed E-state index contributed by atoms with van der Waals surface area (Å²) in [4.78, 5) is 10.9. The Morgan fingerprint density at radius 2 is 2.36 bits per heavy atom. The second kappa shape index (κ2) is 3.33. The van der Waals surface area contributed by atoms with Crippen molar-refractivity contribution in [1.82, 2.24) is 0 Å². The van der Waals surface area contributed by atoms with Crippen molar-refractivity contribution in [2.45, 2.75) is 19.8 Å². The summed E-state index contributed by atoms with van der Waals surface area (Å²) in [6.45, 7) is 2.62. The van der Waals surface area contributed by atoms with Crippen LogP contribution in [-0.4, -0.2) is 17.7 Å². The Morgan fingerprint density at radius 1 is 1.57 bits per heavy atom. The number of aryl methyl sites for hydroxylation is 1. The van der Waals surface area contributed by atoms with Crippen LogP contribution in [0.1, 0.15) is 28.4 Å². The summed E-state index contributed by atoms with van der Waals surface area (Å²) in [5.41, 5.74) is 2.39. The average molecular weight is 192 g/mol. The second-order valence-corrected chi connectivity index (χ2v) is 3.39. The molecule has 0 atom stereocenters. The molecule has 0 radical (unpaired) electrons. The number of hydrogen-bond acceptors (Lipinski definition) is 2. The molecule has 0 saturated heterocycles. The van der Waals surface area contributed by atoms with Gasteiger partial charge in [-0.15, -0.1) is 0 Å². The van der Waals surface area contributed by atoms with Gasteiger partial charge in [0.2, 0.25) is 0 Å². The van der Waals surface area contributed by atoms with Crippen molar-refractivity contribution in [2.75, 3.05) is 6.61 Å². The fourth-order valence-corrected chi connectivity index (χ4v) is 1.74. The Labute approximate surface area is 82.3 Å². The Hall–Kier alpha value is -1.51. The van der Waals surface area contributed by atoms with Crippen molar-refractivity contribution in [3.8, 4) is 5.75 Å². The molecule has 74 valence electrons. The molecule has 0 bridgehead atoms. The number of benzene rings is 1. The minimum atomic E-state index is -0.904. The normalized spacial score (nSPS) is 13.5. The van der Waals surface area contributed by atoms with Gasteiger partial charge in [-0.2, -0.15) is 0 Å². The van der Waals surface area contributed by atoms with Crippen molar-refractivity contribution in [1.29, 1.82) is 0 Å². The van der Waals surface area contributed by atoms with Gasteiger partial charge in [0.25, 0.3) is 0 Å². The number of ether oxygens (including phenoxy) is 1. The highest BCUT2D eigenvalue weighted by atomic mass is 16.5. The molecule has 0 fully saturated rings. The van der Waals surface area contributed by atoms with Gasteiger partial charge in [0.15, 0.2) is 0 Å². The zero-order valence-electron chi connectivity index (χ0n) is 8.04. The van der Waals surface area contributed by atoms with Crippen LogP contribution in [0.5, 0.6) is 5.75 Å². The molecule has 0 aromatic heterocycles. The number of carbonyl (C=O) groups is 1. The van der Waals surface area contributed by atoms with Gasteiger partial charge in [0, 0.05) is 6.42 Å². The van der Waals surface area contributed by atoms with E-state index in [2.05, 4.69) is 0 Å². The maximum atomic E-state index is 10.9. The Balaban J connectivity index is 2.57. The maximum absolute atomic E-state index is 10.9. The average Bonchev–Trinajstić information content (AvgIpc) is 2.63. The molecule has 1 heterocycles. The monoisotopic (exact) mass is 192 g/mol. The summed E-state index contributed by atoms with van der Waals surface area (Å²) in [5.74, 6) is -0.340. The van der Waals surface area contributed by atoms with E-state index in [1.54, 1.807) is 6.07 Å². The van der Waals surface area contributed by atoms with Gasteiger partial charge < -0.3 is 9.84 Å². The maximum Gasteiger partial charge on any atom is 0.339 e. The third kappa shape index (κ3) is 1.35. The molecule has 1 aliphatic rings. The molecule has 1 aromatic rings. The Bertz CT molecular complexity index is 382. The van der Waals surface area contributed by atoms with Crippen LogP contribution in [-0.2, 0) is 12.8 Å². The van der Waals surface area contributed by atoms with E-state index in [0.717, 1.165) is 24.0 Å². The number of aromatic carboxylic acids is 1. The minimum Gasteiger partial charge on any atom is -0.492 e. The van der Waals surface area contributed by atoms with E-state index < -0.39 is 5.97 Å². The topological polar surface area (TPSA) is 46.5 Å². The summed E-state index contributed by atoms with van der Waals surface area (Å²) in [7, 11) is 0. The van der Waals surface area contributed by atoms with Gasteiger partial charge in [-0.25, -0.2) is 4.79 Å². The van der Waals surface area contributed by atoms with Crippen LogP contribution < -0.4 is 4.74 Å². The summed E-state index contributed by atoms with van der Waals surface area (Å²) in [6.07, 6.45) is 1.68. The second-order valence-electron chi connectivity index (χ2n) is 3.39. The van der Waals surface area contributed by atoms with E-state index >= 15 is 0 Å². The number of fused-ring (bicyclic) bond motifs is 1. The molecule has 3 nitrogen and oxygen atoms in total. The van der Waals surface area contributed by atoms with E-state index in [0.29, 0.717) is 17.9 Å². The van der Waals surface area contributed by atoms with Crippen LogP contribution in [0.25, 0.3) is 0 Å². The lowest BCUT2D eigenvalue weighted by atomic mass is 10.0. The predicted molar refractivity (Wildman–Crippen MR) is 52.0 cm³/mol. The summed E-state index contributed by atoms with van der Waals surface area (Å²) in [6, 6.07) is 3.74. The minimum absolute atomic E-state index is 0.303. The van der Waals surface area contributed by atoms with Crippen molar-refractivity contribution >= 4 is 5.97 Å². The highest BCUT2D eigenvalue weighted by molar-refractivity contribution is 5.92. The zero-order chi connectivity index (χ0) is 10.1. The Kier molecular flexibility index (Phi) is 2.15. The molecule has 1 aromatic carbocycles. The standard InChI is InChI=1S/C11H12O3/c1-2-7-5-8-3-4-14-10(8)9(6-7)11(12)13/h5-6H,2-4H2,1H3,(H,12,13). The quantitative estimate of drug-likeness (QED) is 0.778. The SMILES string of the molecule is CCc1cc2c(c(C(=O)O)c1)OCC2. The predicted octanol–water partition coefficient (Wildman–Crippen LogP) is 1.88. The van der Waals surface area contributed by atoms with Crippen molar-refractivity contribution < 1.29 is 14.6 Å². The van der Waals surface area contributed by atoms with E-state index in [1.165, 1.54) is 0 Å². The van der Waals surface area contributed by atoms with Gasteiger partial charge in [0.1, 0.15) is 11.3 Å². The largest absolute Gasteiger partial charge is 0.492 e. The number of carboxylic acid groups (broad SMARTS) is 1. The molecule has 2 rings (SSSR count). The van der Waals surface area contributed by atoms with Crippen LogP contribution in [0.2, 0.25) is 0 Å². The number of rotatable bonds is 2. The van der Waals surface area contributed by atoms with Crippen molar-refractivity contribution in [3.63, 3.8) is 0 Å². The first-order chi connectivity index (χ1) is 6.72. The lowest BCUT2D eigenvalue weighted by Crippen LogP contribution is -2.01.